The fourth-order valence-corrected chi connectivity index (χ4v) is 5.80. The molecule has 3 aromatic carbocycles. The molecule has 3 aromatic rings. The molecule has 0 spiro atoms. The Morgan fingerprint density at radius 3 is 2.56 bits per heavy atom. The van der Waals surface area contributed by atoms with Crippen LogP contribution in [-0.4, -0.2) is 49.7 Å². The van der Waals surface area contributed by atoms with E-state index in [4.69, 9.17) is 22.1 Å². The highest BCUT2D eigenvalue weighted by atomic mass is 35.5. The van der Waals surface area contributed by atoms with Crippen molar-refractivity contribution < 1.29 is 18.7 Å². The number of nitrogens with zero attached hydrogens (tertiary/aromatic N) is 3. The van der Waals surface area contributed by atoms with E-state index in [9.17, 15) is 14.9 Å². The number of hydrogen-bond acceptors (Lipinski definition) is 5. The number of amides is 3. The molecular weight excluding hydrogens is 569 g/mol. The molecule has 2 aliphatic rings. The van der Waals surface area contributed by atoms with Crippen molar-refractivity contribution in [3.8, 4) is 6.07 Å². The van der Waals surface area contributed by atoms with E-state index in [0.717, 1.165) is 24.8 Å². The first kappa shape index (κ1) is 30.5. The minimum atomic E-state index is -1.000. The summed E-state index contributed by atoms with van der Waals surface area (Å²) >= 11 is 6.00. The Labute approximate surface area is 256 Å². The zero-order valence-electron chi connectivity index (χ0n) is 24.2. The second kappa shape index (κ2) is 12.7. The minimum Gasteiger partial charge on any atom is -0.380 e. The van der Waals surface area contributed by atoms with Gasteiger partial charge in [-0.15, -0.1) is 0 Å². The maximum absolute atomic E-state index is 15.2. The average molecular weight is 604 g/mol. The van der Waals surface area contributed by atoms with Crippen LogP contribution >= 0.6 is 11.6 Å². The number of carbonyl (C=O) groups is 2. The Hall–Kier alpha value is -3.97. The molecule has 0 radical (unpaired) electrons. The van der Waals surface area contributed by atoms with Crippen LogP contribution in [0.25, 0.3) is 0 Å². The molecule has 43 heavy (non-hydrogen) atoms. The number of methoxy groups -OCH3 is 1. The second-order valence-electron chi connectivity index (χ2n) is 11.4. The predicted octanol–water partition coefficient (Wildman–Crippen LogP) is 6.03. The highest BCUT2D eigenvalue weighted by Crippen LogP contribution is 2.41. The summed E-state index contributed by atoms with van der Waals surface area (Å²) in [6.07, 6.45) is 3.71. The zero-order chi connectivity index (χ0) is 30.7. The number of hydrogen-bond donors (Lipinski definition) is 2. The van der Waals surface area contributed by atoms with Gasteiger partial charge in [-0.3, -0.25) is 9.69 Å². The monoisotopic (exact) mass is 603 g/mol. The van der Waals surface area contributed by atoms with Crippen molar-refractivity contribution in [2.75, 3.05) is 30.9 Å². The number of rotatable bonds is 9. The SMILES string of the molecule is CO[C@@H]1C[C@H](C(=O)Nc2cc(C(N)(CCC3CC3)c3cccc(C#N)c3)ccc2F)N(C(=O)N(C)c2ccc(Cl)cc2)C1. The quantitative estimate of drug-likeness (QED) is 0.310. The van der Waals surface area contributed by atoms with Crippen molar-refractivity contribution in [1.82, 2.24) is 4.90 Å². The third kappa shape index (κ3) is 6.67. The Balaban J connectivity index is 1.41. The van der Waals surface area contributed by atoms with E-state index in [2.05, 4.69) is 11.4 Å². The van der Waals surface area contributed by atoms with Crippen LogP contribution in [0, 0.1) is 23.1 Å². The Morgan fingerprint density at radius 2 is 1.88 bits per heavy atom. The summed E-state index contributed by atoms with van der Waals surface area (Å²) in [5, 5.41) is 12.7. The summed E-state index contributed by atoms with van der Waals surface area (Å²) in [5.41, 5.74) is 8.51. The molecule has 1 aliphatic heterocycles. The summed E-state index contributed by atoms with van der Waals surface area (Å²) in [7, 11) is 3.15. The van der Waals surface area contributed by atoms with Crippen molar-refractivity contribution in [3.05, 3.63) is 94.3 Å². The summed E-state index contributed by atoms with van der Waals surface area (Å²) < 4.78 is 20.7. The number of carbonyl (C=O) groups excluding carboxylic acids is 2. The van der Waals surface area contributed by atoms with Crippen molar-refractivity contribution >= 4 is 34.9 Å². The van der Waals surface area contributed by atoms with E-state index in [1.165, 1.54) is 23.0 Å². The fraction of sp³-hybridized carbons (Fsp3) is 0.364. The average Bonchev–Trinajstić information content (AvgIpc) is 3.76. The van der Waals surface area contributed by atoms with Crippen LogP contribution in [0.5, 0.6) is 0 Å². The number of nitrogens with one attached hydrogen (secondary N) is 1. The van der Waals surface area contributed by atoms with Crippen molar-refractivity contribution in [1.29, 1.82) is 5.26 Å². The van der Waals surface area contributed by atoms with E-state index < -0.39 is 29.3 Å². The van der Waals surface area contributed by atoms with Gasteiger partial charge in [0.15, 0.2) is 0 Å². The van der Waals surface area contributed by atoms with Crippen molar-refractivity contribution in [2.24, 2.45) is 11.7 Å². The number of ether oxygens (including phenoxy) is 1. The molecule has 1 aliphatic carbocycles. The Kier molecular flexibility index (Phi) is 9.02. The largest absolute Gasteiger partial charge is 0.380 e. The fourth-order valence-electron chi connectivity index (χ4n) is 5.67. The van der Waals surface area contributed by atoms with E-state index in [0.29, 0.717) is 34.2 Å². The first-order valence-electron chi connectivity index (χ1n) is 14.4. The van der Waals surface area contributed by atoms with Gasteiger partial charge in [0.25, 0.3) is 0 Å². The molecule has 1 unspecified atom stereocenters. The maximum Gasteiger partial charge on any atom is 0.324 e. The van der Waals surface area contributed by atoms with Gasteiger partial charge in [0.05, 0.1) is 29.0 Å². The highest BCUT2D eigenvalue weighted by Gasteiger charge is 2.41. The van der Waals surface area contributed by atoms with Gasteiger partial charge < -0.3 is 20.7 Å². The summed E-state index contributed by atoms with van der Waals surface area (Å²) in [6, 6.07) is 19.3. The molecule has 0 bridgehead atoms. The molecule has 1 saturated carbocycles. The molecule has 1 saturated heterocycles. The number of nitrogens with two attached hydrogens (primary N) is 1. The minimum absolute atomic E-state index is 0.0282. The molecule has 1 heterocycles. The van der Waals surface area contributed by atoms with Gasteiger partial charge in [0.1, 0.15) is 11.9 Å². The van der Waals surface area contributed by atoms with Gasteiger partial charge >= 0.3 is 6.03 Å². The van der Waals surface area contributed by atoms with Gasteiger partial charge in [-0.1, -0.05) is 42.6 Å². The molecule has 3 N–H and O–H groups in total. The lowest BCUT2D eigenvalue weighted by Crippen LogP contribution is -2.48. The summed E-state index contributed by atoms with van der Waals surface area (Å²) in [6.45, 7) is 0.205. The summed E-state index contributed by atoms with van der Waals surface area (Å²) in [5.74, 6) is -0.544. The van der Waals surface area contributed by atoms with Crippen LogP contribution in [0.4, 0.5) is 20.6 Å². The van der Waals surface area contributed by atoms with E-state index >= 15 is 4.39 Å². The topological polar surface area (TPSA) is 112 Å². The van der Waals surface area contributed by atoms with Crippen LogP contribution < -0.4 is 16.0 Å². The number of anilines is 2. The Morgan fingerprint density at radius 1 is 1.16 bits per heavy atom. The van der Waals surface area contributed by atoms with Crippen molar-refractivity contribution in [2.45, 2.75) is 49.8 Å². The molecule has 224 valence electrons. The zero-order valence-corrected chi connectivity index (χ0v) is 25.0. The molecule has 5 rings (SSSR count). The van der Waals surface area contributed by atoms with Crippen LogP contribution in [0.2, 0.25) is 5.02 Å². The van der Waals surface area contributed by atoms with Gasteiger partial charge in [-0.05, 0) is 78.4 Å². The normalized spacial score (nSPS) is 19.4. The molecule has 10 heteroatoms. The van der Waals surface area contributed by atoms with Crippen LogP contribution in [0.1, 0.15) is 48.8 Å². The lowest BCUT2D eigenvalue weighted by atomic mass is 9.79. The Bertz CT molecular complexity index is 1540. The van der Waals surface area contributed by atoms with Crippen LogP contribution in [0.15, 0.2) is 66.7 Å². The number of likely N-dealkylation sites (tertiary alicyclic amines) is 1. The van der Waals surface area contributed by atoms with E-state index in [-0.39, 0.29) is 24.8 Å². The number of halogens is 2. The highest BCUT2D eigenvalue weighted by molar-refractivity contribution is 6.30. The maximum atomic E-state index is 15.2. The number of benzene rings is 3. The molecule has 8 nitrogen and oxygen atoms in total. The van der Waals surface area contributed by atoms with Gasteiger partial charge in [0, 0.05) is 37.8 Å². The third-order valence-corrected chi connectivity index (χ3v) is 8.79. The third-order valence-electron chi connectivity index (χ3n) is 8.54. The lowest BCUT2D eigenvalue weighted by Gasteiger charge is -2.32. The molecular formula is C33H35ClFN5O3. The van der Waals surface area contributed by atoms with Gasteiger partial charge in [-0.2, -0.15) is 5.26 Å². The molecule has 3 amide bonds. The molecule has 2 fully saturated rings. The van der Waals surface area contributed by atoms with E-state index in [1.54, 1.807) is 61.6 Å². The van der Waals surface area contributed by atoms with Crippen molar-refractivity contribution in [3.63, 3.8) is 0 Å². The first-order chi connectivity index (χ1) is 20.6. The summed E-state index contributed by atoms with van der Waals surface area (Å²) in [4.78, 5) is 30.1. The molecule has 0 aromatic heterocycles. The smallest absolute Gasteiger partial charge is 0.324 e. The second-order valence-corrected chi connectivity index (χ2v) is 11.8. The lowest BCUT2D eigenvalue weighted by molar-refractivity contribution is -0.119. The predicted molar refractivity (Wildman–Crippen MR) is 164 cm³/mol. The van der Waals surface area contributed by atoms with Crippen LogP contribution in [-0.2, 0) is 15.1 Å². The van der Waals surface area contributed by atoms with Crippen LogP contribution in [0.3, 0.4) is 0 Å². The first-order valence-corrected chi connectivity index (χ1v) is 14.7. The number of nitriles is 1. The van der Waals surface area contributed by atoms with E-state index in [1.807, 2.05) is 6.07 Å². The van der Waals surface area contributed by atoms with Gasteiger partial charge in [0.2, 0.25) is 5.91 Å². The molecule has 3 atom stereocenters. The number of urea groups is 1. The van der Waals surface area contributed by atoms with Gasteiger partial charge in [-0.25, -0.2) is 9.18 Å². The standard InChI is InChI=1S/C33H35ClFN5O3/c1-39(26-11-9-25(34)10-12-26)32(42)40-20-27(43-2)18-30(40)31(41)38-29-17-24(8-13-28(29)35)33(37,15-14-21-6-7-21)23-5-3-4-22(16-23)19-36/h3-5,8-13,16-17,21,27,30H,6-7,14-15,18,20,37H2,1-2H3,(H,38,41)/t27-,30-,33?/m1/s1.